The van der Waals surface area contributed by atoms with Crippen LogP contribution in [0, 0.1) is 0 Å². The van der Waals surface area contributed by atoms with Gasteiger partial charge in [0.25, 0.3) is 5.91 Å². The van der Waals surface area contributed by atoms with Gasteiger partial charge in [0.05, 0.1) is 17.4 Å². The molecular formula is C12H21N3O4S. The molecule has 3 saturated heterocycles. The van der Waals surface area contributed by atoms with Crippen LogP contribution >= 0.6 is 0 Å². The van der Waals surface area contributed by atoms with E-state index in [1.807, 2.05) is 0 Å². The molecule has 3 rings (SSSR count). The first-order chi connectivity index (χ1) is 9.40. The molecule has 3 unspecified atom stereocenters. The SMILES string of the molecule is CS(=O)(=O)C1CCNC(C2OCC3(CNC3)NC2=O)C1. The van der Waals surface area contributed by atoms with Gasteiger partial charge in [-0.3, -0.25) is 4.79 Å². The minimum atomic E-state index is -3.07. The van der Waals surface area contributed by atoms with Crippen molar-refractivity contribution in [2.24, 2.45) is 0 Å². The van der Waals surface area contributed by atoms with E-state index in [9.17, 15) is 13.2 Å². The number of piperidine rings is 1. The third-order valence-electron chi connectivity index (χ3n) is 4.47. The monoisotopic (exact) mass is 303 g/mol. The minimum Gasteiger partial charge on any atom is -0.364 e. The number of sulfone groups is 1. The van der Waals surface area contributed by atoms with Crippen molar-refractivity contribution in [3.63, 3.8) is 0 Å². The third-order valence-corrected chi connectivity index (χ3v) is 6.11. The van der Waals surface area contributed by atoms with Crippen molar-refractivity contribution in [3.8, 4) is 0 Å². The van der Waals surface area contributed by atoms with Gasteiger partial charge in [-0.25, -0.2) is 8.42 Å². The Morgan fingerprint density at radius 1 is 1.35 bits per heavy atom. The third kappa shape index (κ3) is 2.57. The van der Waals surface area contributed by atoms with Crippen LogP contribution in [0.4, 0.5) is 0 Å². The van der Waals surface area contributed by atoms with Crippen molar-refractivity contribution < 1.29 is 17.9 Å². The second-order valence-corrected chi connectivity index (χ2v) is 8.47. The molecule has 0 aliphatic carbocycles. The molecule has 20 heavy (non-hydrogen) atoms. The quantitative estimate of drug-likeness (QED) is 0.546. The average Bonchev–Trinajstić information content (AvgIpc) is 2.36. The van der Waals surface area contributed by atoms with Gasteiger partial charge in [-0.05, 0) is 19.4 Å². The van der Waals surface area contributed by atoms with Gasteiger partial charge in [0.2, 0.25) is 0 Å². The highest BCUT2D eigenvalue weighted by Crippen LogP contribution is 2.24. The zero-order valence-corrected chi connectivity index (χ0v) is 12.3. The van der Waals surface area contributed by atoms with Crippen LogP contribution in [-0.2, 0) is 19.4 Å². The molecule has 3 aliphatic rings. The fraction of sp³-hybridized carbons (Fsp3) is 0.917. The molecule has 3 heterocycles. The minimum absolute atomic E-state index is 0.135. The second kappa shape index (κ2) is 4.94. The van der Waals surface area contributed by atoms with E-state index in [1.54, 1.807) is 0 Å². The van der Waals surface area contributed by atoms with Crippen LogP contribution < -0.4 is 16.0 Å². The molecule has 3 N–H and O–H groups in total. The Labute approximate surface area is 118 Å². The number of carbonyl (C=O) groups is 1. The lowest BCUT2D eigenvalue weighted by molar-refractivity contribution is -0.152. The van der Waals surface area contributed by atoms with E-state index in [0.29, 0.717) is 26.0 Å². The Bertz CT molecular complexity index is 503. The van der Waals surface area contributed by atoms with Gasteiger partial charge in [-0.2, -0.15) is 0 Å². The Balaban J connectivity index is 1.66. The summed E-state index contributed by atoms with van der Waals surface area (Å²) < 4.78 is 29.1. The Kier molecular flexibility index (Phi) is 3.52. The summed E-state index contributed by atoms with van der Waals surface area (Å²) in [6, 6.07) is -0.228. The zero-order chi connectivity index (χ0) is 14.4. The van der Waals surface area contributed by atoms with Crippen LogP contribution in [0.2, 0.25) is 0 Å². The van der Waals surface area contributed by atoms with Gasteiger partial charge in [-0.15, -0.1) is 0 Å². The lowest BCUT2D eigenvalue weighted by atomic mass is 9.89. The predicted octanol–water partition coefficient (Wildman–Crippen LogP) is -1.99. The molecule has 3 atom stereocenters. The van der Waals surface area contributed by atoms with E-state index in [4.69, 9.17) is 4.74 Å². The lowest BCUT2D eigenvalue weighted by Gasteiger charge is -2.48. The molecule has 8 heteroatoms. The van der Waals surface area contributed by atoms with Crippen LogP contribution in [0.15, 0.2) is 0 Å². The van der Waals surface area contributed by atoms with E-state index in [-0.39, 0.29) is 22.7 Å². The predicted molar refractivity (Wildman–Crippen MR) is 73.1 cm³/mol. The van der Waals surface area contributed by atoms with Crippen LogP contribution in [0.25, 0.3) is 0 Å². The number of amides is 1. The molecule has 3 fully saturated rings. The molecule has 0 aromatic rings. The maximum absolute atomic E-state index is 12.2. The van der Waals surface area contributed by atoms with Gasteiger partial charge < -0.3 is 20.7 Å². The summed E-state index contributed by atoms with van der Waals surface area (Å²) in [6.07, 6.45) is 1.70. The maximum atomic E-state index is 12.2. The van der Waals surface area contributed by atoms with Crippen molar-refractivity contribution in [2.45, 2.75) is 35.8 Å². The van der Waals surface area contributed by atoms with Crippen molar-refractivity contribution in [2.75, 3.05) is 32.5 Å². The number of hydrogen-bond donors (Lipinski definition) is 3. The first-order valence-electron chi connectivity index (χ1n) is 6.96. The number of hydrogen-bond acceptors (Lipinski definition) is 6. The van der Waals surface area contributed by atoms with Crippen molar-refractivity contribution in [1.29, 1.82) is 0 Å². The van der Waals surface area contributed by atoms with E-state index >= 15 is 0 Å². The normalized spacial score (nSPS) is 37.2. The van der Waals surface area contributed by atoms with Gasteiger partial charge in [0.1, 0.15) is 9.84 Å². The summed E-state index contributed by atoms with van der Waals surface area (Å²) in [6.45, 7) is 2.55. The highest BCUT2D eigenvalue weighted by atomic mass is 32.2. The highest BCUT2D eigenvalue weighted by Gasteiger charge is 2.47. The van der Waals surface area contributed by atoms with Crippen LogP contribution in [-0.4, -0.2) is 69.8 Å². The fourth-order valence-corrected chi connectivity index (χ4v) is 4.25. The number of morpholine rings is 1. The van der Waals surface area contributed by atoms with Crippen LogP contribution in [0.5, 0.6) is 0 Å². The maximum Gasteiger partial charge on any atom is 0.251 e. The summed E-state index contributed by atoms with van der Waals surface area (Å²) in [4.78, 5) is 12.2. The van der Waals surface area contributed by atoms with Crippen molar-refractivity contribution in [1.82, 2.24) is 16.0 Å². The summed E-state index contributed by atoms with van der Waals surface area (Å²) in [5.41, 5.74) is -0.252. The molecule has 3 aliphatic heterocycles. The molecule has 0 saturated carbocycles. The van der Waals surface area contributed by atoms with E-state index in [2.05, 4.69) is 16.0 Å². The van der Waals surface area contributed by atoms with E-state index in [0.717, 1.165) is 13.1 Å². The number of rotatable bonds is 2. The molecule has 0 aromatic carbocycles. The van der Waals surface area contributed by atoms with Gasteiger partial charge in [0.15, 0.2) is 6.10 Å². The molecule has 0 radical (unpaired) electrons. The molecule has 1 amide bonds. The summed E-state index contributed by atoms with van der Waals surface area (Å²) in [5, 5.41) is 8.97. The molecule has 0 bridgehead atoms. The van der Waals surface area contributed by atoms with Crippen molar-refractivity contribution in [3.05, 3.63) is 0 Å². The first kappa shape index (κ1) is 14.2. The Morgan fingerprint density at radius 3 is 2.65 bits per heavy atom. The Hall–Kier alpha value is -0.700. The molecule has 114 valence electrons. The van der Waals surface area contributed by atoms with Gasteiger partial charge >= 0.3 is 0 Å². The summed E-state index contributed by atoms with van der Waals surface area (Å²) in [7, 11) is -3.07. The summed E-state index contributed by atoms with van der Waals surface area (Å²) in [5.74, 6) is -0.135. The smallest absolute Gasteiger partial charge is 0.251 e. The zero-order valence-electron chi connectivity index (χ0n) is 11.5. The number of carbonyl (C=O) groups excluding carboxylic acids is 1. The molecule has 0 aromatic heterocycles. The number of ether oxygens (including phenoxy) is 1. The first-order valence-corrected chi connectivity index (χ1v) is 8.92. The standard InChI is InChI=1S/C12H21N3O4S/c1-20(17,18)8-2-3-14-9(4-8)10-11(16)15-12(7-19-10)5-13-6-12/h8-10,13-14H,2-7H2,1H3,(H,15,16). The van der Waals surface area contributed by atoms with E-state index in [1.165, 1.54) is 6.26 Å². The van der Waals surface area contributed by atoms with Crippen LogP contribution in [0.3, 0.4) is 0 Å². The average molecular weight is 303 g/mol. The lowest BCUT2D eigenvalue weighted by Crippen LogP contribution is -2.76. The topological polar surface area (TPSA) is 96.5 Å². The largest absolute Gasteiger partial charge is 0.364 e. The number of nitrogens with one attached hydrogen (secondary N) is 3. The Morgan fingerprint density at radius 2 is 2.10 bits per heavy atom. The molecule has 7 nitrogen and oxygen atoms in total. The summed E-state index contributed by atoms with van der Waals surface area (Å²) >= 11 is 0. The molecule has 1 spiro atoms. The van der Waals surface area contributed by atoms with Crippen molar-refractivity contribution >= 4 is 15.7 Å². The molecular weight excluding hydrogens is 282 g/mol. The second-order valence-electron chi connectivity index (χ2n) is 6.14. The van der Waals surface area contributed by atoms with Crippen LogP contribution in [0.1, 0.15) is 12.8 Å². The highest BCUT2D eigenvalue weighted by molar-refractivity contribution is 7.91. The fourth-order valence-electron chi connectivity index (χ4n) is 3.14. The van der Waals surface area contributed by atoms with E-state index < -0.39 is 15.9 Å². The van der Waals surface area contributed by atoms with Gasteiger partial charge in [0, 0.05) is 25.4 Å². The van der Waals surface area contributed by atoms with Gasteiger partial charge in [-0.1, -0.05) is 0 Å².